The van der Waals surface area contributed by atoms with Gasteiger partial charge in [-0.2, -0.15) is 13.2 Å². The van der Waals surface area contributed by atoms with Crippen molar-refractivity contribution < 1.29 is 18.0 Å². The number of halogens is 3. The van der Waals surface area contributed by atoms with E-state index < -0.39 is 12.1 Å². The maximum atomic E-state index is 11.8. The summed E-state index contributed by atoms with van der Waals surface area (Å²) < 4.78 is 35.3. The number of amides is 1. The fourth-order valence-electron chi connectivity index (χ4n) is 0.738. The molecule has 0 fully saturated rings. The van der Waals surface area contributed by atoms with Gasteiger partial charge in [0.25, 0.3) is 0 Å². The van der Waals surface area contributed by atoms with E-state index in [9.17, 15) is 18.0 Å². The molecule has 0 rings (SSSR count). The molecule has 2 N–H and O–H groups in total. The zero-order valence-electron chi connectivity index (χ0n) is 6.69. The number of carbonyl (C=O) groups is 1. The van der Waals surface area contributed by atoms with Crippen LogP contribution in [0.3, 0.4) is 0 Å². The highest BCUT2D eigenvalue weighted by atomic mass is 19.4. The standard InChI is InChI=1S/C6H11F3N2O/c1-2-11(4-3-10)5(12)6(7,8)9/h2-4,10H2,1H3. The Kier molecular flexibility index (Phi) is 4.02. The van der Waals surface area contributed by atoms with Crippen LogP contribution in [0.25, 0.3) is 0 Å². The predicted octanol–water partition coefficient (Wildman–Crippen LogP) is 0.356. The Morgan fingerprint density at radius 1 is 1.50 bits per heavy atom. The van der Waals surface area contributed by atoms with Gasteiger partial charge in [0.05, 0.1) is 0 Å². The third-order valence-electron chi connectivity index (χ3n) is 1.31. The molecule has 0 aromatic carbocycles. The van der Waals surface area contributed by atoms with E-state index in [4.69, 9.17) is 5.73 Å². The Balaban J connectivity index is 4.22. The summed E-state index contributed by atoms with van der Waals surface area (Å²) in [4.78, 5) is 11.2. The van der Waals surface area contributed by atoms with Gasteiger partial charge in [-0.25, -0.2) is 0 Å². The van der Waals surface area contributed by atoms with Gasteiger partial charge < -0.3 is 10.6 Å². The van der Waals surface area contributed by atoms with Gasteiger partial charge in [0.2, 0.25) is 0 Å². The summed E-state index contributed by atoms with van der Waals surface area (Å²) in [5.41, 5.74) is 5.02. The highest BCUT2D eigenvalue weighted by Crippen LogP contribution is 2.17. The smallest absolute Gasteiger partial charge is 0.334 e. The Hall–Kier alpha value is -0.780. The average molecular weight is 184 g/mol. The van der Waals surface area contributed by atoms with Crippen molar-refractivity contribution in [3.8, 4) is 0 Å². The fourth-order valence-corrected chi connectivity index (χ4v) is 0.738. The molecular weight excluding hydrogens is 173 g/mol. The molecule has 12 heavy (non-hydrogen) atoms. The van der Waals surface area contributed by atoms with Crippen molar-refractivity contribution in [1.82, 2.24) is 4.90 Å². The lowest BCUT2D eigenvalue weighted by molar-refractivity contribution is -0.185. The van der Waals surface area contributed by atoms with Gasteiger partial charge in [-0.05, 0) is 6.92 Å². The Labute approximate surface area is 68.3 Å². The number of carbonyl (C=O) groups excluding carboxylic acids is 1. The molecule has 0 heterocycles. The molecule has 0 unspecified atom stereocenters. The third kappa shape index (κ3) is 3.08. The van der Waals surface area contributed by atoms with E-state index >= 15 is 0 Å². The number of hydrogen-bond acceptors (Lipinski definition) is 2. The van der Waals surface area contributed by atoms with Crippen molar-refractivity contribution in [2.45, 2.75) is 13.1 Å². The molecule has 0 spiro atoms. The number of likely N-dealkylation sites (N-methyl/N-ethyl adjacent to an activating group) is 1. The van der Waals surface area contributed by atoms with Crippen LogP contribution in [0.2, 0.25) is 0 Å². The van der Waals surface area contributed by atoms with Gasteiger partial charge in [0.15, 0.2) is 0 Å². The Bertz CT molecular complexity index is 157. The maximum absolute atomic E-state index is 11.8. The summed E-state index contributed by atoms with van der Waals surface area (Å²) >= 11 is 0. The topological polar surface area (TPSA) is 46.3 Å². The number of hydrogen-bond donors (Lipinski definition) is 1. The van der Waals surface area contributed by atoms with Crippen LogP contribution in [0.4, 0.5) is 13.2 Å². The first-order valence-corrected chi connectivity index (χ1v) is 3.49. The highest BCUT2D eigenvalue weighted by Gasteiger charge is 2.41. The molecular formula is C6H11F3N2O. The first-order valence-electron chi connectivity index (χ1n) is 3.49. The molecule has 72 valence electrons. The molecule has 0 aromatic heterocycles. The molecule has 0 aliphatic carbocycles. The van der Waals surface area contributed by atoms with Crippen LogP contribution in [-0.2, 0) is 4.79 Å². The second kappa shape index (κ2) is 4.30. The van der Waals surface area contributed by atoms with Crippen molar-refractivity contribution in [2.24, 2.45) is 5.73 Å². The normalized spacial score (nSPS) is 11.4. The number of alkyl halides is 3. The zero-order chi connectivity index (χ0) is 9.78. The summed E-state index contributed by atoms with van der Waals surface area (Å²) in [6, 6.07) is 0. The van der Waals surface area contributed by atoms with Crippen LogP contribution >= 0.6 is 0 Å². The minimum Gasteiger partial charge on any atom is -0.334 e. The average Bonchev–Trinajstić information content (AvgIpc) is 1.97. The quantitative estimate of drug-likeness (QED) is 0.688. The van der Waals surface area contributed by atoms with E-state index in [1.165, 1.54) is 6.92 Å². The van der Waals surface area contributed by atoms with Gasteiger partial charge in [0, 0.05) is 19.6 Å². The van der Waals surface area contributed by atoms with Gasteiger partial charge in [0.1, 0.15) is 0 Å². The van der Waals surface area contributed by atoms with Crippen LogP contribution in [0.1, 0.15) is 6.92 Å². The lowest BCUT2D eigenvalue weighted by Gasteiger charge is -2.20. The van der Waals surface area contributed by atoms with E-state index in [0.29, 0.717) is 4.90 Å². The lowest BCUT2D eigenvalue weighted by Crippen LogP contribution is -2.43. The first kappa shape index (κ1) is 11.2. The molecule has 3 nitrogen and oxygen atoms in total. The molecule has 0 saturated heterocycles. The molecule has 0 aliphatic heterocycles. The molecule has 1 amide bonds. The maximum Gasteiger partial charge on any atom is 0.471 e. The minimum absolute atomic E-state index is 0.0234. The summed E-state index contributed by atoms with van der Waals surface area (Å²) in [6.07, 6.45) is -4.79. The second-order valence-corrected chi connectivity index (χ2v) is 2.17. The van der Waals surface area contributed by atoms with Crippen LogP contribution < -0.4 is 5.73 Å². The van der Waals surface area contributed by atoms with Gasteiger partial charge in [-0.15, -0.1) is 0 Å². The van der Waals surface area contributed by atoms with Crippen molar-refractivity contribution in [3.63, 3.8) is 0 Å². The van der Waals surface area contributed by atoms with E-state index in [2.05, 4.69) is 0 Å². The van der Waals surface area contributed by atoms with Gasteiger partial charge >= 0.3 is 12.1 Å². The number of nitrogens with two attached hydrogens (primary N) is 1. The SMILES string of the molecule is CCN(CCN)C(=O)C(F)(F)F. The fraction of sp³-hybridized carbons (Fsp3) is 0.833. The van der Waals surface area contributed by atoms with E-state index in [0.717, 1.165) is 0 Å². The molecule has 6 heteroatoms. The summed E-state index contributed by atoms with van der Waals surface area (Å²) in [6.45, 7) is 1.47. The van der Waals surface area contributed by atoms with Gasteiger partial charge in [-0.3, -0.25) is 4.79 Å². The van der Waals surface area contributed by atoms with E-state index in [-0.39, 0.29) is 19.6 Å². The first-order chi connectivity index (χ1) is 5.43. The van der Waals surface area contributed by atoms with Crippen LogP contribution in [0.5, 0.6) is 0 Å². The minimum atomic E-state index is -4.79. The molecule has 0 atom stereocenters. The highest BCUT2D eigenvalue weighted by molar-refractivity contribution is 5.81. The Morgan fingerprint density at radius 3 is 2.25 bits per heavy atom. The van der Waals surface area contributed by atoms with E-state index in [1.807, 2.05) is 0 Å². The number of nitrogens with zero attached hydrogens (tertiary/aromatic N) is 1. The largest absolute Gasteiger partial charge is 0.471 e. The summed E-state index contributed by atoms with van der Waals surface area (Å²) in [7, 11) is 0. The predicted molar refractivity (Wildman–Crippen MR) is 37.4 cm³/mol. The van der Waals surface area contributed by atoms with Crippen molar-refractivity contribution >= 4 is 5.91 Å². The number of rotatable bonds is 3. The molecule has 0 radical (unpaired) electrons. The van der Waals surface area contributed by atoms with Crippen molar-refractivity contribution in [2.75, 3.05) is 19.6 Å². The Morgan fingerprint density at radius 2 is 2.00 bits per heavy atom. The van der Waals surface area contributed by atoms with Gasteiger partial charge in [-0.1, -0.05) is 0 Å². The molecule has 0 aromatic rings. The molecule has 0 saturated carbocycles. The second-order valence-electron chi connectivity index (χ2n) is 2.17. The lowest BCUT2D eigenvalue weighted by atomic mass is 10.4. The van der Waals surface area contributed by atoms with E-state index in [1.54, 1.807) is 0 Å². The monoisotopic (exact) mass is 184 g/mol. The summed E-state index contributed by atoms with van der Waals surface area (Å²) in [5.74, 6) is -1.82. The van der Waals surface area contributed by atoms with Crippen molar-refractivity contribution in [3.05, 3.63) is 0 Å². The van der Waals surface area contributed by atoms with Crippen LogP contribution in [0, 0.1) is 0 Å². The van der Waals surface area contributed by atoms with Crippen molar-refractivity contribution in [1.29, 1.82) is 0 Å². The van der Waals surface area contributed by atoms with Crippen LogP contribution in [0.15, 0.2) is 0 Å². The molecule has 0 aliphatic rings. The molecule has 0 bridgehead atoms. The third-order valence-corrected chi connectivity index (χ3v) is 1.31. The zero-order valence-corrected chi connectivity index (χ0v) is 6.69. The summed E-state index contributed by atoms with van der Waals surface area (Å²) in [5, 5.41) is 0. The van der Waals surface area contributed by atoms with Crippen LogP contribution in [-0.4, -0.2) is 36.6 Å².